The summed E-state index contributed by atoms with van der Waals surface area (Å²) in [5, 5.41) is 9.54. The van der Waals surface area contributed by atoms with Gasteiger partial charge in [-0.3, -0.25) is 9.59 Å². The van der Waals surface area contributed by atoms with E-state index in [2.05, 4.69) is 20.8 Å². The molecule has 5 heteroatoms. The third-order valence-electron chi connectivity index (χ3n) is 9.19. The summed E-state index contributed by atoms with van der Waals surface area (Å²) >= 11 is 0. The molecule has 2 atom stereocenters. The molecule has 0 aliphatic rings. The summed E-state index contributed by atoms with van der Waals surface area (Å²) in [6.45, 7) is 6.54. The van der Waals surface area contributed by atoms with E-state index in [4.69, 9.17) is 9.47 Å². The third-order valence-corrected chi connectivity index (χ3v) is 9.19. The monoisotopic (exact) mass is 625 g/mol. The first kappa shape index (κ1) is 42.9. The molecule has 0 heterocycles. The second-order valence-electron chi connectivity index (χ2n) is 13.6. The van der Waals surface area contributed by atoms with Gasteiger partial charge in [0.25, 0.3) is 0 Å². The number of aliphatic hydroxyl groups is 1. The van der Waals surface area contributed by atoms with E-state index >= 15 is 0 Å². The van der Waals surface area contributed by atoms with Gasteiger partial charge in [-0.1, -0.05) is 188 Å². The summed E-state index contributed by atoms with van der Waals surface area (Å²) < 4.78 is 10.6. The van der Waals surface area contributed by atoms with Gasteiger partial charge in [0.2, 0.25) is 0 Å². The van der Waals surface area contributed by atoms with Crippen molar-refractivity contribution in [2.24, 2.45) is 5.92 Å². The molecule has 0 radical (unpaired) electrons. The molecule has 0 saturated heterocycles. The van der Waals surface area contributed by atoms with Crippen LogP contribution in [-0.2, 0) is 19.1 Å². The van der Waals surface area contributed by atoms with E-state index in [0.717, 1.165) is 38.0 Å². The Hall–Kier alpha value is -1.10. The van der Waals surface area contributed by atoms with Crippen molar-refractivity contribution in [2.45, 2.75) is 219 Å². The molecular weight excluding hydrogens is 548 g/mol. The van der Waals surface area contributed by atoms with Crippen molar-refractivity contribution in [1.29, 1.82) is 0 Å². The highest BCUT2D eigenvalue weighted by molar-refractivity contribution is 5.70. The van der Waals surface area contributed by atoms with Crippen molar-refractivity contribution < 1.29 is 24.2 Å². The quantitative estimate of drug-likeness (QED) is 0.0561. The first-order valence-corrected chi connectivity index (χ1v) is 19.5. The highest BCUT2D eigenvalue weighted by atomic mass is 16.6. The number of carbonyl (C=O) groups is 2. The second-order valence-corrected chi connectivity index (χ2v) is 13.6. The fourth-order valence-electron chi connectivity index (χ4n) is 5.82. The molecule has 5 nitrogen and oxygen atoms in total. The number of carbonyl (C=O) groups excluding carboxylic acids is 2. The van der Waals surface area contributed by atoms with Gasteiger partial charge in [0, 0.05) is 12.8 Å². The van der Waals surface area contributed by atoms with E-state index in [1.807, 2.05) is 0 Å². The average molecular weight is 625 g/mol. The van der Waals surface area contributed by atoms with Crippen LogP contribution in [0.5, 0.6) is 0 Å². The molecular formula is C39H76O5. The number of hydrogen-bond acceptors (Lipinski definition) is 5. The van der Waals surface area contributed by atoms with Gasteiger partial charge in [-0.2, -0.15) is 0 Å². The fraction of sp³-hybridized carbons (Fsp3) is 0.949. The Morgan fingerprint density at radius 1 is 0.523 bits per heavy atom. The summed E-state index contributed by atoms with van der Waals surface area (Å²) in [5.41, 5.74) is 0. The molecule has 1 unspecified atom stereocenters. The van der Waals surface area contributed by atoms with Crippen molar-refractivity contribution in [3.8, 4) is 0 Å². The van der Waals surface area contributed by atoms with Crippen LogP contribution in [0.4, 0.5) is 0 Å². The Labute approximate surface area is 274 Å². The van der Waals surface area contributed by atoms with E-state index in [0.29, 0.717) is 12.8 Å². The predicted molar refractivity (Wildman–Crippen MR) is 187 cm³/mol. The summed E-state index contributed by atoms with van der Waals surface area (Å²) in [6, 6.07) is 0. The van der Waals surface area contributed by atoms with Crippen LogP contribution in [0.15, 0.2) is 0 Å². The molecule has 1 N–H and O–H groups in total. The molecule has 0 spiro atoms. The van der Waals surface area contributed by atoms with Crippen molar-refractivity contribution >= 4 is 11.9 Å². The standard InChI is InChI=1S/C39H76O5/c1-4-6-7-8-9-10-11-17-20-23-26-29-32-38(41)43-35-37(34-40)44-39(42)33-30-27-24-21-18-15-13-12-14-16-19-22-25-28-31-36(3)5-2/h36-37,40H,4-35H2,1-3H3/t36?,37-/m0/s1. The number of esters is 2. The van der Waals surface area contributed by atoms with Crippen molar-refractivity contribution in [3.05, 3.63) is 0 Å². The van der Waals surface area contributed by atoms with Crippen LogP contribution in [0.2, 0.25) is 0 Å². The van der Waals surface area contributed by atoms with E-state index in [1.165, 1.54) is 148 Å². The minimum Gasteiger partial charge on any atom is -0.462 e. The molecule has 0 rings (SSSR count). The van der Waals surface area contributed by atoms with Crippen molar-refractivity contribution in [1.82, 2.24) is 0 Å². The molecule has 0 amide bonds. The van der Waals surface area contributed by atoms with E-state index < -0.39 is 6.10 Å². The molecule has 0 aliphatic carbocycles. The molecule has 0 fully saturated rings. The highest BCUT2D eigenvalue weighted by Gasteiger charge is 2.16. The number of hydrogen-bond donors (Lipinski definition) is 1. The van der Waals surface area contributed by atoms with Crippen LogP contribution in [0.3, 0.4) is 0 Å². The van der Waals surface area contributed by atoms with E-state index in [-0.39, 0.29) is 25.2 Å². The molecule has 0 aliphatic heterocycles. The number of aliphatic hydroxyl groups excluding tert-OH is 1. The Morgan fingerprint density at radius 3 is 1.27 bits per heavy atom. The Balaban J connectivity index is 3.50. The number of rotatable bonds is 35. The number of unbranched alkanes of at least 4 members (excludes halogenated alkanes) is 24. The zero-order chi connectivity index (χ0) is 32.4. The van der Waals surface area contributed by atoms with Crippen LogP contribution >= 0.6 is 0 Å². The smallest absolute Gasteiger partial charge is 0.306 e. The molecule has 262 valence electrons. The zero-order valence-corrected chi connectivity index (χ0v) is 29.9. The van der Waals surface area contributed by atoms with Crippen LogP contribution in [0.1, 0.15) is 213 Å². The molecule has 0 aromatic rings. The summed E-state index contributed by atoms with van der Waals surface area (Å²) in [7, 11) is 0. The van der Waals surface area contributed by atoms with Gasteiger partial charge in [0.05, 0.1) is 6.61 Å². The minimum atomic E-state index is -0.761. The average Bonchev–Trinajstić information content (AvgIpc) is 3.03. The summed E-state index contributed by atoms with van der Waals surface area (Å²) in [5.74, 6) is 0.324. The first-order chi connectivity index (χ1) is 21.5. The molecule has 0 aromatic carbocycles. The third kappa shape index (κ3) is 32.3. The maximum Gasteiger partial charge on any atom is 0.306 e. The molecule has 0 aromatic heterocycles. The van der Waals surface area contributed by atoms with Gasteiger partial charge in [-0.25, -0.2) is 0 Å². The maximum atomic E-state index is 12.2. The Bertz CT molecular complexity index is 607. The molecule has 0 bridgehead atoms. The SMILES string of the molecule is CCCCCCCCCCCCCCC(=O)OC[C@H](CO)OC(=O)CCCCCCCCCCCCCCCCC(C)CC. The van der Waals surface area contributed by atoms with Crippen LogP contribution in [0, 0.1) is 5.92 Å². The van der Waals surface area contributed by atoms with Gasteiger partial charge in [-0.15, -0.1) is 0 Å². The predicted octanol–water partition coefficient (Wildman–Crippen LogP) is 11.8. The lowest BCUT2D eigenvalue weighted by molar-refractivity contribution is -0.161. The summed E-state index contributed by atoms with van der Waals surface area (Å²) in [6.07, 6.45) is 35.8. The zero-order valence-electron chi connectivity index (χ0n) is 29.9. The van der Waals surface area contributed by atoms with Crippen LogP contribution in [0.25, 0.3) is 0 Å². The van der Waals surface area contributed by atoms with Gasteiger partial charge in [0.15, 0.2) is 6.10 Å². The van der Waals surface area contributed by atoms with Crippen LogP contribution in [-0.4, -0.2) is 36.4 Å². The van der Waals surface area contributed by atoms with Gasteiger partial charge in [-0.05, 0) is 18.8 Å². The van der Waals surface area contributed by atoms with Crippen LogP contribution < -0.4 is 0 Å². The summed E-state index contributed by atoms with van der Waals surface area (Å²) in [4.78, 5) is 24.2. The van der Waals surface area contributed by atoms with Crippen molar-refractivity contribution in [3.63, 3.8) is 0 Å². The lowest BCUT2D eigenvalue weighted by Gasteiger charge is -2.15. The lowest BCUT2D eigenvalue weighted by atomic mass is 9.99. The largest absolute Gasteiger partial charge is 0.462 e. The molecule has 44 heavy (non-hydrogen) atoms. The second kappa shape index (κ2) is 34.8. The topological polar surface area (TPSA) is 72.8 Å². The Morgan fingerprint density at radius 2 is 0.886 bits per heavy atom. The van der Waals surface area contributed by atoms with Gasteiger partial charge >= 0.3 is 11.9 Å². The van der Waals surface area contributed by atoms with Gasteiger partial charge in [0.1, 0.15) is 6.61 Å². The van der Waals surface area contributed by atoms with E-state index in [9.17, 15) is 14.7 Å². The molecule has 0 saturated carbocycles. The lowest BCUT2D eigenvalue weighted by Crippen LogP contribution is -2.28. The number of ether oxygens (including phenoxy) is 2. The van der Waals surface area contributed by atoms with Crippen molar-refractivity contribution in [2.75, 3.05) is 13.2 Å². The maximum absolute atomic E-state index is 12.2. The minimum absolute atomic E-state index is 0.0578. The van der Waals surface area contributed by atoms with E-state index in [1.54, 1.807) is 0 Å². The first-order valence-electron chi connectivity index (χ1n) is 19.5. The highest BCUT2D eigenvalue weighted by Crippen LogP contribution is 2.17. The Kier molecular flexibility index (Phi) is 33.9. The fourth-order valence-corrected chi connectivity index (χ4v) is 5.82. The van der Waals surface area contributed by atoms with Gasteiger partial charge < -0.3 is 14.6 Å². The normalized spacial score (nSPS) is 12.7.